The lowest BCUT2D eigenvalue weighted by Crippen LogP contribution is -2.26. The number of carbonyl (C=O) groups is 1. The van der Waals surface area contributed by atoms with E-state index in [1.54, 1.807) is 0 Å². The number of methoxy groups -OCH3 is 1. The number of rotatable bonds is 4. The molecule has 0 saturated carbocycles. The SMILES string of the molecule is COc1ccc(F)cc1C(=O)C(C)S(C)(=O)=O. The van der Waals surface area contributed by atoms with E-state index in [1.807, 2.05) is 0 Å². The molecule has 4 nitrogen and oxygen atoms in total. The Morgan fingerprint density at radius 3 is 2.47 bits per heavy atom. The third-order valence-electron chi connectivity index (χ3n) is 2.44. The van der Waals surface area contributed by atoms with Crippen LogP contribution in [0.1, 0.15) is 17.3 Å². The highest BCUT2D eigenvalue weighted by atomic mass is 32.2. The van der Waals surface area contributed by atoms with Gasteiger partial charge in [0, 0.05) is 6.26 Å². The predicted octanol–water partition coefficient (Wildman–Crippen LogP) is 1.45. The van der Waals surface area contributed by atoms with E-state index in [0.29, 0.717) is 0 Å². The maximum absolute atomic E-state index is 13.0. The van der Waals surface area contributed by atoms with Crippen LogP contribution >= 0.6 is 0 Å². The van der Waals surface area contributed by atoms with E-state index < -0.39 is 26.7 Å². The van der Waals surface area contributed by atoms with Gasteiger partial charge in [-0.25, -0.2) is 12.8 Å². The number of benzene rings is 1. The second-order valence-corrected chi connectivity index (χ2v) is 6.05. The van der Waals surface area contributed by atoms with Crippen LogP contribution in [0.5, 0.6) is 5.75 Å². The number of sulfone groups is 1. The second kappa shape index (κ2) is 4.83. The summed E-state index contributed by atoms with van der Waals surface area (Å²) in [6.07, 6.45) is 0.960. The Morgan fingerprint density at radius 1 is 1.41 bits per heavy atom. The minimum absolute atomic E-state index is 0.0644. The Morgan fingerprint density at radius 2 is 2.00 bits per heavy atom. The Kier molecular flexibility index (Phi) is 3.87. The van der Waals surface area contributed by atoms with E-state index >= 15 is 0 Å². The lowest BCUT2D eigenvalue weighted by atomic mass is 10.1. The van der Waals surface area contributed by atoms with Crippen molar-refractivity contribution in [2.45, 2.75) is 12.2 Å². The first-order valence-electron chi connectivity index (χ1n) is 4.84. The van der Waals surface area contributed by atoms with E-state index in [0.717, 1.165) is 18.4 Å². The molecule has 0 saturated heterocycles. The summed E-state index contributed by atoms with van der Waals surface area (Å²) in [7, 11) is -2.19. The molecule has 1 aromatic carbocycles. The molecule has 0 amide bonds. The van der Waals surface area contributed by atoms with Gasteiger partial charge in [0.05, 0.1) is 12.7 Å². The molecule has 17 heavy (non-hydrogen) atoms. The van der Waals surface area contributed by atoms with E-state index in [-0.39, 0.29) is 11.3 Å². The molecule has 0 N–H and O–H groups in total. The summed E-state index contributed by atoms with van der Waals surface area (Å²) in [6, 6.07) is 3.40. The molecule has 0 aromatic heterocycles. The number of Topliss-reactive ketones (excluding diaryl/α,β-unsaturated/α-hetero) is 1. The molecule has 1 unspecified atom stereocenters. The van der Waals surface area contributed by atoms with Crippen molar-refractivity contribution in [1.29, 1.82) is 0 Å². The van der Waals surface area contributed by atoms with Crippen LogP contribution in [0.2, 0.25) is 0 Å². The third kappa shape index (κ3) is 3.03. The quantitative estimate of drug-likeness (QED) is 0.769. The highest BCUT2D eigenvalue weighted by Gasteiger charge is 2.27. The van der Waals surface area contributed by atoms with E-state index in [2.05, 4.69) is 0 Å². The van der Waals surface area contributed by atoms with Crippen LogP contribution in [0.25, 0.3) is 0 Å². The van der Waals surface area contributed by atoms with Gasteiger partial charge in [-0.15, -0.1) is 0 Å². The molecule has 1 atom stereocenters. The fourth-order valence-electron chi connectivity index (χ4n) is 1.29. The molecule has 0 fully saturated rings. The third-order valence-corrected chi connectivity index (χ3v) is 3.94. The molecule has 0 heterocycles. The minimum atomic E-state index is -3.52. The number of ether oxygens (including phenoxy) is 1. The van der Waals surface area contributed by atoms with Crippen molar-refractivity contribution in [2.24, 2.45) is 0 Å². The van der Waals surface area contributed by atoms with Crippen molar-refractivity contribution in [3.63, 3.8) is 0 Å². The molecular weight excluding hydrogens is 247 g/mol. The molecular formula is C11H13FO4S. The number of carbonyl (C=O) groups excluding carboxylic acids is 1. The zero-order valence-corrected chi connectivity index (χ0v) is 10.5. The van der Waals surface area contributed by atoms with Gasteiger partial charge < -0.3 is 4.74 Å². The largest absolute Gasteiger partial charge is 0.496 e. The Labute approximate surface area is 99.3 Å². The highest BCUT2D eigenvalue weighted by Crippen LogP contribution is 2.22. The first kappa shape index (κ1) is 13.6. The molecule has 6 heteroatoms. The van der Waals surface area contributed by atoms with Crippen molar-refractivity contribution < 1.29 is 22.3 Å². The summed E-state index contributed by atoms with van der Waals surface area (Å²) >= 11 is 0. The van der Waals surface area contributed by atoms with Gasteiger partial charge in [-0.3, -0.25) is 4.79 Å². The molecule has 0 aliphatic carbocycles. The van der Waals surface area contributed by atoms with Gasteiger partial charge in [0.25, 0.3) is 0 Å². The highest BCUT2D eigenvalue weighted by molar-refractivity contribution is 7.92. The molecule has 0 aliphatic heterocycles. The van der Waals surface area contributed by atoms with Gasteiger partial charge in [0.2, 0.25) is 0 Å². The smallest absolute Gasteiger partial charge is 0.184 e. The van der Waals surface area contributed by atoms with Crippen LogP contribution in [0.4, 0.5) is 4.39 Å². The first-order valence-corrected chi connectivity index (χ1v) is 6.79. The second-order valence-electron chi connectivity index (χ2n) is 3.68. The van der Waals surface area contributed by atoms with Crippen molar-refractivity contribution >= 4 is 15.6 Å². The maximum Gasteiger partial charge on any atom is 0.184 e. The number of ketones is 1. The normalized spacial score (nSPS) is 13.2. The molecule has 0 aliphatic rings. The number of halogens is 1. The minimum Gasteiger partial charge on any atom is -0.496 e. The molecule has 1 aromatic rings. The van der Waals surface area contributed by atoms with Gasteiger partial charge >= 0.3 is 0 Å². The van der Waals surface area contributed by atoms with Gasteiger partial charge in [-0.2, -0.15) is 0 Å². The summed E-state index contributed by atoms with van der Waals surface area (Å²) < 4.78 is 40.5. The summed E-state index contributed by atoms with van der Waals surface area (Å²) in [6.45, 7) is 1.27. The first-order chi connectivity index (χ1) is 7.77. The van der Waals surface area contributed by atoms with Crippen LogP contribution in [0.15, 0.2) is 18.2 Å². The lowest BCUT2D eigenvalue weighted by Gasteiger charge is -2.11. The average molecular weight is 260 g/mol. The molecule has 94 valence electrons. The molecule has 0 spiro atoms. The molecule has 0 bridgehead atoms. The molecule has 0 radical (unpaired) electrons. The van der Waals surface area contributed by atoms with E-state index in [4.69, 9.17) is 4.74 Å². The summed E-state index contributed by atoms with van der Waals surface area (Å²) in [5.41, 5.74) is -0.0644. The van der Waals surface area contributed by atoms with Crippen LogP contribution in [-0.2, 0) is 9.84 Å². The van der Waals surface area contributed by atoms with Crippen LogP contribution in [-0.4, -0.2) is 32.8 Å². The van der Waals surface area contributed by atoms with Gasteiger partial charge in [-0.05, 0) is 25.1 Å². The van der Waals surface area contributed by atoms with Gasteiger partial charge in [0.15, 0.2) is 15.6 Å². The van der Waals surface area contributed by atoms with Crippen molar-refractivity contribution in [1.82, 2.24) is 0 Å². The zero-order valence-electron chi connectivity index (χ0n) is 9.73. The monoisotopic (exact) mass is 260 g/mol. The average Bonchev–Trinajstić information content (AvgIpc) is 2.25. The van der Waals surface area contributed by atoms with E-state index in [9.17, 15) is 17.6 Å². The Balaban J connectivity index is 3.25. The van der Waals surface area contributed by atoms with Crippen molar-refractivity contribution in [3.05, 3.63) is 29.6 Å². The van der Waals surface area contributed by atoms with Crippen LogP contribution < -0.4 is 4.74 Å². The zero-order chi connectivity index (χ0) is 13.2. The van der Waals surface area contributed by atoms with E-state index in [1.165, 1.54) is 20.1 Å². The van der Waals surface area contributed by atoms with Crippen LogP contribution in [0.3, 0.4) is 0 Å². The van der Waals surface area contributed by atoms with Crippen LogP contribution in [0, 0.1) is 5.82 Å². The molecule has 1 rings (SSSR count). The fraction of sp³-hybridized carbons (Fsp3) is 0.364. The van der Waals surface area contributed by atoms with Crippen molar-refractivity contribution in [3.8, 4) is 5.75 Å². The van der Waals surface area contributed by atoms with Crippen molar-refractivity contribution in [2.75, 3.05) is 13.4 Å². The summed E-state index contributed by atoms with van der Waals surface area (Å²) in [5.74, 6) is -1.13. The Bertz CT molecular complexity index is 536. The predicted molar refractivity (Wildman–Crippen MR) is 61.6 cm³/mol. The van der Waals surface area contributed by atoms with Gasteiger partial charge in [0.1, 0.15) is 16.8 Å². The standard InChI is InChI=1S/C11H13FO4S/c1-7(17(3,14)15)11(13)9-6-8(12)4-5-10(9)16-2/h4-7H,1-3H3. The fourth-order valence-corrected chi connectivity index (χ4v) is 1.80. The topological polar surface area (TPSA) is 60.4 Å². The number of hydrogen-bond acceptors (Lipinski definition) is 4. The lowest BCUT2D eigenvalue weighted by molar-refractivity contribution is 0.0988. The van der Waals surface area contributed by atoms with Gasteiger partial charge in [-0.1, -0.05) is 0 Å². The number of hydrogen-bond donors (Lipinski definition) is 0. The Hall–Kier alpha value is -1.43. The summed E-state index contributed by atoms with van der Waals surface area (Å²) in [5, 5.41) is -1.22. The maximum atomic E-state index is 13.0. The summed E-state index contributed by atoms with van der Waals surface area (Å²) in [4.78, 5) is 11.9.